The van der Waals surface area contributed by atoms with Gasteiger partial charge in [-0.2, -0.15) is 0 Å². The maximum Gasteiger partial charge on any atom is 0.317 e. The molecule has 0 spiro atoms. The third-order valence-electron chi connectivity index (χ3n) is 4.33. The van der Waals surface area contributed by atoms with E-state index in [9.17, 15) is 4.79 Å². The van der Waals surface area contributed by atoms with Gasteiger partial charge in [-0.15, -0.1) is 0 Å². The smallest absolute Gasteiger partial charge is 0.317 e. The Morgan fingerprint density at radius 1 is 1.19 bits per heavy atom. The van der Waals surface area contributed by atoms with Gasteiger partial charge in [-0.3, -0.25) is 0 Å². The molecule has 0 unspecified atom stereocenters. The lowest BCUT2D eigenvalue weighted by Gasteiger charge is -2.32. The largest absolute Gasteiger partial charge is 0.338 e. The molecule has 1 aromatic rings. The summed E-state index contributed by atoms with van der Waals surface area (Å²) in [6.45, 7) is 4.80. The van der Waals surface area contributed by atoms with Crippen LogP contribution in [0.4, 0.5) is 4.79 Å². The highest BCUT2D eigenvalue weighted by Gasteiger charge is 2.22. The zero-order valence-electron chi connectivity index (χ0n) is 13.2. The second kappa shape index (κ2) is 8.71. The second-order valence-electron chi connectivity index (χ2n) is 6.06. The highest BCUT2D eigenvalue weighted by Crippen LogP contribution is 2.21. The number of hydrogen-bond donors (Lipinski definition) is 1. The molecule has 116 valence electrons. The Hall–Kier alpha value is -1.51. The number of nitrogens with zero attached hydrogens (tertiary/aromatic N) is 1. The summed E-state index contributed by atoms with van der Waals surface area (Å²) in [5.41, 5.74) is 1.42. The minimum atomic E-state index is 0.129. The van der Waals surface area contributed by atoms with E-state index in [1.165, 1.54) is 18.4 Å². The van der Waals surface area contributed by atoms with Crippen molar-refractivity contribution >= 4 is 6.03 Å². The van der Waals surface area contributed by atoms with E-state index in [-0.39, 0.29) is 6.03 Å². The van der Waals surface area contributed by atoms with Gasteiger partial charge >= 0.3 is 6.03 Å². The molecule has 1 aliphatic heterocycles. The van der Waals surface area contributed by atoms with Crippen LogP contribution in [0.25, 0.3) is 0 Å². The summed E-state index contributed by atoms with van der Waals surface area (Å²) in [5, 5.41) is 3.04. The van der Waals surface area contributed by atoms with Crippen LogP contribution in [0.3, 0.4) is 0 Å². The quantitative estimate of drug-likeness (QED) is 0.793. The van der Waals surface area contributed by atoms with Gasteiger partial charge in [-0.1, -0.05) is 50.1 Å². The predicted octanol–water partition coefficient (Wildman–Crippen LogP) is 3.84. The number of carbonyl (C=O) groups excluding carboxylic acids is 1. The molecule has 1 fully saturated rings. The van der Waals surface area contributed by atoms with Gasteiger partial charge in [0, 0.05) is 19.6 Å². The van der Waals surface area contributed by atoms with Crippen molar-refractivity contribution in [2.75, 3.05) is 19.6 Å². The van der Waals surface area contributed by atoms with E-state index in [1.807, 2.05) is 4.90 Å². The number of urea groups is 1. The summed E-state index contributed by atoms with van der Waals surface area (Å²) in [7, 11) is 0. The number of hydrogen-bond acceptors (Lipinski definition) is 1. The summed E-state index contributed by atoms with van der Waals surface area (Å²) in [6, 6.07) is 10.8. The molecule has 1 aliphatic rings. The van der Waals surface area contributed by atoms with Crippen LogP contribution in [-0.2, 0) is 6.42 Å². The summed E-state index contributed by atoms with van der Waals surface area (Å²) in [4.78, 5) is 14.0. The number of nitrogens with one attached hydrogen (secondary N) is 1. The maximum absolute atomic E-state index is 12.0. The van der Waals surface area contributed by atoms with Crippen LogP contribution in [0.15, 0.2) is 30.3 Å². The number of amides is 2. The molecule has 0 aromatic heterocycles. The summed E-state index contributed by atoms with van der Waals surface area (Å²) >= 11 is 0. The van der Waals surface area contributed by atoms with E-state index in [0.717, 1.165) is 51.2 Å². The average molecular weight is 288 g/mol. The first kappa shape index (κ1) is 15.9. The molecule has 1 aromatic carbocycles. The molecular formula is C18H28N2O. The van der Waals surface area contributed by atoms with Crippen molar-refractivity contribution in [1.82, 2.24) is 10.2 Å². The van der Waals surface area contributed by atoms with Crippen LogP contribution in [0.2, 0.25) is 0 Å². The predicted molar refractivity (Wildman–Crippen MR) is 87.4 cm³/mol. The normalized spacial score (nSPS) is 16.0. The molecule has 2 amide bonds. The van der Waals surface area contributed by atoms with Gasteiger partial charge < -0.3 is 10.2 Å². The van der Waals surface area contributed by atoms with Gasteiger partial charge in [0.1, 0.15) is 0 Å². The van der Waals surface area contributed by atoms with E-state index in [4.69, 9.17) is 0 Å². The monoisotopic (exact) mass is 288 g/mol. The summed E-state index contributed by atoms with van der Waals surface area (Å²) < 4.78 is 0. The van der Waals surface area contributed by atoms with Crippen LogP contribution in [0, 0.1) is 5.92 Å². The van der Waals surface area contributed by atoms with Crippen LogP contribution in [0.1, 0.15) is 44.6 Å². The van der Waals surface area contributed by atoms with Gasteiger partial charge in [0.05, 0.1) is 0 Å². The summed E-state index contributed by atoms with van der Waals surface area (Å²) in [6.07, 6.45) is 6.87. The number of carbonyl (C=O) groups is 1. The van der Waals surface area contributed by atoms with Gasteiger partial charge in [0.2, 0.25) is 0 Å². The molecule has 0 radical (unpaired) electrons. The van der Waals surface area contributed by atoms with Crippen molar-refractivity contribution in [2.24, 2.45) is 5.92 Å². The van der Waals surface area contributed by atoms with Gasteiger partial charge in [-0.25, -0.2) is 4.79 Å². The highest BCUT2D eigenvalue weighted by atomic mass is 16.2. The number of piperidine rings is 1. The van der Waals surface area contributed by atoms with Crippen LogP contribution >= 0.6 is 0 Å². The number of unbranched alkanes of at least 4 members (excludes halogenated alkanes) is 2. The molecule has 21 heavy (non-hydrogen) atoms. The van der Waals surface area contributed by atoms with Gasteiger partial charge in [-0.05, 0) is 37.2 Å². The van der Waals surface area contributed by atoms with E-state index in [2.05, 4.69) is 42.6 Å². The second-order valence-corrected chi connectivity index (χ2v) is 6.06. The lowest BCUT2D eigenvalue weighted by Crippen LogP contribution is -2.44. The molecule has 3 heteroatoms. The van der Waals surface area contributed by atoms with Crippen molar-refractivity contribution in [3.05, 3.63) is 35.9 Å². The molecular weight excluding hydrogens is 260 g/mol. The summed E-state index contributed by atoms with van der Waals surface area (Å²) in [5.74, 6) is 0.719. The van der Waals surface area contributed by atoms with E-state index >= 15 is 0 Å². The van der Waals surface area contributed by atoms with Crippen molar-refractivity contribution in [3.63, 3.8) is 0 Å². The van der Waals surface area contributed by atoms with Crippen molar-refractivity contribution in [1.29, 1.82) is 0 Å². The first-order valence-electron chi connectivity index (χ1n) is 8.36. The first-order chi connectivity index (χ1) is 10.3. The molecule has 1 N–H and O–H groups in total. The standard InChI is InChI=1S/C18H28N2O/c1-2-3-7-12-19-18(21)20-13-10-17(11-14-20)15-16-8-5-4-6-9-16/h4-6,8-9,17H,2-3,7,10-15H2,1H3,(H,19,21). The minimum absolute atomic E-state index is 0.129. The number of rotatable bonds is 6. The van der Waals surface area contributed by atoms with E-state index < -0.39 is 0 Å². The Bertz CT molecular complexity index is 410. The molecule has 0 saturated carbocycles. The fraction of sp³-hybridized carbons (Fsp3) is 0.611. The van der Waals surface area contributed by atoms with Crippen LogP contribution in [-0.4, -0.2) is 30.6 Å². The Morgan fingerprint density at radius 3 is 2.57 bits per heavy atom. The molecule has 3 nitrogen and oxygen atoms in total. The average Bonchev–Trinajstić information content (AvgIpc) is 2.53. The third-order valence-corrected chi connectivity index (χ3v) is 4.33. The Kier molecular flexibility index (Phi) is 6.58. The molecule has 2 rings (SSSR count). The fourth-order valence-electron chi connectivity index (χ4n) is 2.97. The van der Waals surface area contributed by atoms with Crippen LogP contribution in [0.5, 0.6) is 0 Å². The Morgan fingerprint density at radius 2 is 1.90 bits per heavy atom. The fourth-order valence-corrected chi connectivity index (χ4v) is 2.97. The highest BCUT2D eigenvalue weighted by molar-refractivity contribution is 5.74. The van der Waals surface area contributed by atoms with Crippen molar-refractivity contribution < 1.29 is 4.79 Å². The number of benzene rings is 1. The molecule has 1 heterocycles. The molecule has 0 atom stereocenters. The van der Waals surface area contributed by atoms with Crippen molar-refractivity contribution in [2.45, 2.75) is 45.4 Å². The Labute approximate surface area is 128 Å². The lowest BCUT2D eigenvalue weighted by molar-refractivity contribution is 0.170. The maximum atomic E-state index is 12.0. The first-order valence-corrected chi connectivity index (χ1v) is 8.36. The van der Waals surface area contributed by atoms with E-state index in [0.29, 0.717) is 0 Å². The minimum Gasteiger partial charge on any atom is -0.338 e. The van der Waals surface area contributed by atoms with E-state index in [1.54, 1.807) is 0 Å². The zero-order chi connectivity index (χ0) is 14.9. The van der Waals surface area contributed by atoms with Crippen molar-refractivity contribution in [3.8, 4) is 0 Å². The number of likely N-dealkylation sites (tertiary alicyclic amines) is 1. The Balaban J connectivity index is 1.67. The topological polar surface area (TPSA) is 32.3 Å². The lowest BCUT2D eigenvalue weighted by atomic mass is 9.90. The third kappa shape index (κ3) is 5.41. The SMILES string of the molecule is CCCCCNC(=O)N1CCC(Cc2ccccc2)CC1. The molecule has 0 aliphatic carbocycles. The van der Waals surface area contributed by atoms with Crippen LogP contribution < -0.4 is 5.32 Å². The van der Waals surface area contributed by atoms with Gasteiger partial charge in [0.15, 0.2) is 0 Å². The molecule has 0 bridgehead atoms. The van der Waals surface area contributed by atoms with Gasteiger partial charge in [0.25, 0.3) is 0 Å². The molecule has 1 saturated heterocycles. The zero-order valence-corrected chi connectivity index (χ0v) is 13.2.